The molecule has 7 nitrogen and oxygen atoms in total. The first-order chi connectivity index (χ1) is 19.9. The zero-order chi connectivity index (χ0) is 29.6. The van der Waals surface area contributed by atoms with E-state index in [1.54, 1.807) is 7.11 Å². The van der Waals surface area contributed by atoms with E-state index < -0.39 is 0 Å². The van der Waals surface area contributed by atoms with Crippen LogP contribution >= 0.6 is 11.6 Å². The highest BCUT2D eigenvalue weighted by atomic mass is 35.5. The molecule has 3 aliphatic heterocycles. The van der Waals surface area contributed by atoms with Crippen LogP contribution < -0.4 is 21.3 Å². The Morgan fingerprint density at radius 1 is 1.00 bits per heavy atom. The minimum Gasteiger partial charge on any atom is -0.493 e. The van der Waals surface area contributed by atoms with Gasteiger partial charge in [0.2, 0.25) is 5.91 Å². The average molecular weight is 595 g/mol. The van der Waals surface area contributed by atoms with Crippen LogP contribution in [0.4, 0.5) is 0 Å². The first kappa shape index (κ1) is 34.4. The Kier molecular flexibility index (Phi) is 15.5. The first-order valence-electron chi connectivity index (χ1n) is 16.6. The van der Waals surface area contributed by atoms with Gasteiger partial charge in [-0.3, -0.25) is 4.79 Å². The first-order valence-corrected chi connectivity index (χ1v) is 17.0. The van der Waals surface area contributed by atoms with E-state index in [0.717, 1.165) is 38.0 Å². The van der Waals surface area contributed by atoms with Crippen molar-refractivity contribution in [2.24, 2.45) is 11.8 Å². The number of alkyl halides is 1. The van der Waals surface area contributed by atoms with Crippen molar-refractivity contribution in [2.75, 3.05) is 40.0 Å². The van der Waals surface area contributed by atoms with Crippen molar-refractivity contribution in [2.45, 2.75) is 128 Å². The van der Waals surface area contributed by atoms with E-state index in [9.17, 15) is 4.79 Å². The van der Waals surface area contributed by atoms with Crippen LogP contribution in [0.3, 0.4) is 0 Å². The Hall–Kier alpha value is -1.12. The number of nitrogens with one attached hydrogen (secondary N) is 4. The number of halogens is 1. The zero-order valence-corrected chi connectivity index (χ0v) is 27.3. The molecule has 7 atom stereocenters. The molecule has 3 rings (SSSR count). The van der Waals surface area contributed by atoms with Gasteiger partial charge in [-0.2, -0.15) is 0 Å². The van der Waals surface area contributed by atoms with E-state index in [4.69, 9.17) is 21.1 Å². The van der Waals surface area contributed by atoms with Gasteiger partial charge in [-0.1, -0.05) is 64.0 Å². The van der Waals surface area contributed by atoms with Crippen LogP contribution in [-0.4, -0.2) is 75.4 Å². The number of rotatable bonds is 16. The molecule has 0 spiro atoms. The van der Waals surface area contributed by atoms with Crippen LogP contribution in [0.2, 0.25) is 0 Å². The minimum absolute atomic E-state index is 0.0349. The van der Waals surface area contributed by atoms with Gasteiger partial charge < -0.3 is 30.7 Å². The summed E-state index contributed by atoms with van der Waals surface area (Å²) in [5, 5.41) is 14.4. The second kappa shape index (κ2) is 18.5. The largest absolute Gasteiger partial charge is 0.493 e. The Balaban J connectivity index is 1.77. The molecule has 2 bridgehead atoms. The van der Waals surface area contributed by atoms with E-state index >= 15 is 0 Å². The smallest absolute Gasteiger partial charge is 0.226 e. The number of methoxy groups -OCH3 is 1. The highest BCUT2D eigenvalue weighted by Crippen LogP contribution is 2.34. The Bertz CT molecular complexity index is 850. The third-order valence-electron chi connectivity index (χ3n) is 9.22. The van der Waals surface area contributed by atoms with Gasteiger partial charge >= 0.3 is 0 Å². The summed E-state index contributed by atoms with van der Waals surface area (Å²) in [5.74, 6) is 1.19. The maximum absolute atomic E-state index is 14.2. The van der Waals surface area contributed by atoms with Crippen LogP contribution in [0, 0.1) is 11.8 Å². The lowest BCUT2D eigenvalue weighted by molar-refractivity contribution is -0.127. The number of carbonyl (C=O) groups is 1. The van der Waals surface area contributed by atoms with Crippen molar-refractivity contribution in [3.05, 3.63) is 23.0 Å². The van der Waals surface area contributed by atoms with E-state index in [2.05, 4.69) is 55.0 Å². The topological polar surface area (TPSA) is 83.7 Å². The minimum atomic E-state index is -0.207. The lowest BCUT2D eigenvalue weighted by Crippen LogP contribution is -2.56. The van der Waals surface area contributed by atoms with Crippen LogP contribution in [0.5, 0.6) is 0 Å². The fraction of sp³-hybridized carbons (Fsp3) is 0.848. The summed E-state index contributed by atoms with van der Waals surface area (Å²) in [5.41, 5.74) is 2.75. The second-order valence-corrected chi connectivity index (χ2v) is 13.1. The van der Waals surface area contributed by atoms with E-state index in [1.807, 2.05) is 0 Å². The molecule has 236 valence electrons. The molecule has 4 N–H and O–H groups in total. The molecule has 3 heterocycles. The predicted octanol–water partition coefficient (Wildman–Crippen LogP) is 5.44. The van der Waals surface area contributed by atoms with Crippen molar-refractivity contribution in [1.29, 1.82) is 0 Å². The molecule has 41 heavy (non-hydrogen) atoms. The summed E-state index contributed by atoms with van der Waals surface area (Å²) in [4.78, 5) is 14.2. The van der Waals surface area contributed by atoms with Gasteiger partial charge in [0, 0.05) is 44.9 Å². The van der Waals surface area contributed by atoms with E-state index in [-0.39, 0.29) is 41.4 Å². The highest BCUT2D eigenvalue weighted by molar-refractivity contribution is 6.22. The molecule has 3 aliphatic rings. The molecule has 0 aliphatic carbocycles. The Labute approximate surface area is 255 Å². The molecule has 1 amide bonds. The van der Waals surface area contributed by atoms with Crippen LogP contribution in [0.1, 0.15) is 98.3 Å². The lowest BCUT2D eigenvalue weighted by atomic mass is 9.80. The van der Waals surface area contributed by atoms with Gasteiger partial charge in [0.25, 0.3) is 0 Å². The summed E-state index contributed by atoms with van der Waals surface area (Å²) in [6.07, 6.45) is 15.2. The molecule has 0 saturated carbocycles. The van der Waals surface area contributed by atoms with Crippen molar-refractivity contribution < 1.29 is 14.3 Å². The normalized spacial score (nSPS) is 30.7. The van der Waals surface area contributed by atoms with Gasteiger partial charge in [-0.05, 0) is 57.4 Å². The fourth-order valence-corrected chi connectivity index (χ4v) is 7.25. The van der Waals surface area contributed by atoms with Gasteiger partial charge in [0.15, 0.2) is 0 Å². The van der Waals surface area contributed by atoms with Crippen LogP contribution in [-0.2, 0) is 14.3 Å². The molecule has 1 saturated heterocycles. The maximum atomic E-state index is 14.2. The predicted molar refractivity (Wildman–Crippen MR) is 170 cm³/mol. The van der Waals surface area contributed by atoms with Crippen molar-refractivity contribution in [1.82, 2.24) is 21.3 Å². The molecular formula is C33H59ClN4O3. The van der Waals surface area contributed by atoms with Gasteiger partial charge in [-0.25, -0.2) is 0 Å². The molecule has 1 fully saturated rings. The number of unbranched alkanes of at least 4 members (excludes halogenated alkanes) is 6. The summed E-state index contributed by atoms with van der Waals surface area (Å²) < 4.78 is 11.6. The summed E-state index contributed by atoms with van der Waals surface area (Å²) in [7, 11) is 1.70. The summed E-state index contributed by atoms with van der Waals surface area (Å²) in [6, 6.07) is 0.194. The summed E-state index contributed by atoms with van der Waals surface area (Å²) >= 11 is 6.80. The number of carbonyl (C=O) groups excluding carboxylic acids is 1. The van der Waals surface area contributed by atoms with Crippen LogP contribution in [0.25, 0.3) is 0 Å². The van der Waals surface area contributed by atoms with Crippen molar-refractivity contribution in [3.8, 4) is 0 Å². The van der Waals surface area contributed by atoms with E-state index in [0.29, 0.717) is 32.2 Å². The van der Waals surface area contributed by atoms with Gasteiger partial charge in [0.05, 0.1) is 23.9 Å². The van der Waals surface area contributed by atoms with Crippen molar-refractivity contribution >= 4 is 17.5 Å². The van der Waals surface area contributed by atoms with Gasteiger partial charge in [0.1, 0.15) is 12.4 Å². The maximum Gasteiger partial charge on any atom is 0.226 e. The monoisotopic (exact) mass is 594 g/mol. The molecule has 0 aromatic heterocycles. The van der Waals surface area contributed by atoms with E-state index in [1.165, 1.54) is 56.1 Å². The number of amides is 1. The standard InChI is InChI=1S/C33H59ClN4O3/c1-6-8-10-11-13-15-26-20-35-22-30(32(26)41-17-16-40-5)38-33(39)31-24(4)37-23(3)28-19-29(31)36-21-27(34)18-25(28)14-12-9-7-2/h18,23-24,27-31,35-37H,6-17,19-22H2,1-5H3,(H,38,39). The molecule has 0 aromatic rings. The highest BCUT2D eigenvalue weighted by Gasteiger charge is 2.42. The quantitative estimate of drug-likeness (QED) is 0.108. The SMILES string of the molecule is CCCCCCCC1=C(OCCOC)C(NC(=O)C2C(C)NC(C)C3CC2NCC(Cl)C=C3CCCCC)CNC1. The zero-order valence-electron chi connectivity index (χ0n) is 26.5. The Morgan fingerprint density at radius 3 is 2.49 bits per heavy atom. The lowest BCUT2D eigenvalue weighted by Gasteiger charge is -2.35. The average Bonchev–Trinajstić information content (AvgIpc) is 3.07. The molecule has 8 heteroatoms. The Morgan fingerprint density at radius 2 is 1.73 bits per heavy atom. The number of hydrogen-bond acceptors (Lipinski definition) is 6. The molecular weight excluding hydrogens is 536 g/mol. The van der Waals surface area contributed by atoms with Crippen molar-refractivity contribution in [3.63, 3.8) is 0 Å². The number of hydrogen-bond donors (Lipinski definition) is 4. The third-order valence-corrected chi connectivity index (χ3v) is 9.50. The second-order valence-electron chi connectivity index (χ2n) is 12.5. The number of ether oxygens (including phenoxy) is 2. The van der Waals surface area contributed by atoms with Gasteiger partial charge in [-0.15, -0.1) is 11.6 Å². The molecule has 7 unspecified atom stereocenters. The summed E-state index contributed by atoms with van der Waals surface area (Å²) in [6.45, 7) is 12.1. The number of fused-ring (bicyclic) bond motifs is 2. The van der Waals surface area contributed by atoms with Crippen LogP contribution in [0.15, 0.2) is 23.0 Å². The molecule has 0 aromatic carbocycles. The third kappa shape index (κ3) is 10.5. The molecule has 0 radical (unpaired) electrons. The fourth-order valence-electron chi connectivity index (χ4n) is 7.00.